The average molecular weight is 255 g/mol. The van der Waals surface area contributed by atoms with Crippen LogP contribution in [0.3, 0.4) is 0 Å². The van der Waals surface area contributed by atoms with Gasteiger partial charge in [0.2, 0.25) is 0 Å². The normalized spacial score (nSPS) is 18.1. The first-order valence-corrected chi connectivity index (χ1v) is 6.60. The highest BCUT2D eigenvalue weighted by Gasteiger charge is 2.20. The van der Waals surface area contributed by atoms with Crippen LogP contribution in [0, 0.1) is 6.92 Å². The van der Waals surface area contributed by atoms with E-state index in [1.807, 2.05) is 25.3 Å². The molecule has 0 amide bonds. The fraction of sp³-hybridized carbons (Fsp3) is 0.312. The van der Waals surface area contributed by atoms with Gasteiger partial charge in [0.25, 0.3) is 5.56 Å². The molecule has 0 fully saturated rings. The Morgan fingerprint density at radius 3 is 3.00 bits per heavy atom. The molecule has 0 saturated carbocycles. The van der Waals surface area contributed by atoms with Crippen LogP contribution in [0.1, 0.15) is 22.8 Å². The van der Waals surface area contributed by atoms with Gasteiger partial charge in [0.1, 0.15) is 6.10 Å². The van der Waals surface area contributed by atoms with E-state index in [2.05, 4.69) is 18.2 Å². The maximum absolute atomic E-state index is 11.9. The standard InChI is InChI=1S/C16H17NO2/c1-12-6-8-17(16(18)10-12)11-15-14-5-3-2-4-13(14)7-9-19-15/h2-6,8,10,15H,7,9,11H2,1H3. The third kappa shape index (κ3) is 2.47. The van der Waals surface area contributed by atoms with Crippen molar-refractivity contribution in [2.45, 2.75) is 26.0 Å². The Hall–Kier alpha value is -1.87. The summed E-state index contributed by atoms with van der Waals surface area (Å²) in [7, 11) is 0. The Balaban J connectivity index is 1.90. The molecule has 2 heterocycles. The molecule has 3 nitrogen and oxygen atoms in total. The summed E-state index contributed by atoms with van der Waals surface area (Å²) < 4.78 is 7.56. The lowest BCUT2D eigenvalue weighted by atomic mass is 9.97. The van der Waals surface area contributed by atoms with Gasteiger partial charge in [-0.05, 0) is 36.1 Å². The largest absolute Gasteiger partial charge is 0.371 e. The van der Waals surface area contributed by atoms with Crippen LogP contribution in [-0.4, -0.2) is 11.2 Å². The summed E-state index contributed by atoms with van der Waals surface area (Å²) >= 11 is 0. The van der Waals surface area contributed by atoms with Crippen LogP contribution in [0.2, 0.25) is 0 Å². The van der Waals surface area contributed by atoms with E-state index in [0.29, 0.717) is 6.54 Å². The minimum absolute atomic E-state index is 0.0228. The number of aromatic nitrogens is 1. The smallest absolute Gasteiger partial charge is 0.250 e. The Morgan fingerprint density at radius 1 is 1.32 bits per heavy atom. The van der Waals surface area contributed by atoms with Gasteiger partial charge in [-0.3, -0.25) is 4.79 Å². The summed E-state index contributed by atoms with van der Waals surface area (Å²) in [6.45, 7) is 3.23. The zero-order valence-corrected chi connectivity index (χ0v) is 11.0. The van der Waals surface area contributed by atoms with E-state index in [0.717, 1.165) is 18.6 Å². The lowest BCUT2D eigenvalue weighted by molar-refractivity contribution is 0.0299. The summed E-state index contributed by atoms with van der Waals surface area (Å²) in [6.07, 6.45) is 2.78. The molecular formula is C16H17NO2. The topological polar surface area (TPSA) is 31.2 Å². The number of rotatable bonds is 2. The first kappa shape index (κ1) is 12.2. The summed E-state index contributed by atoms with van der Waals surface area (Å²) in [5.41, 5.74) is 3.57. The summed E-state index contributed by atoms with van der Waals surface area (Å²) in [4.78, 5) is 11.9. The van der Waals surface area contributed by atoms with Crippen molar-refractivity contribution in [1.29, 1.82) is 0 Å². The van der Waals surface area contributed by atoms with Crippen LogP contribution < -0.4 is 5.56 Å². The zero-order chi connectivity index (χ0) is 13.2. The van der Waals surface area contributed by atoms with Gasteiger partial charge < -0.3 is 9.30 Å². The predicted molar refractivity (Wildman–Crippen MR) is 74.3 cm³/mol. The average Bonchev–Trinajstić information content (AvgIpc) is 2.42. The van der Waals surface area contributed by atoms with E-state index in [9.17, 15) is 4.79 Å². The van der Waals surface area contributed by atoms with Crippen molar-refractivity contribution < 1.29 is 4.74 Å². The van der Waals surface area contributed by atoms with Crippen LogP contribution >= 0.6 is 0 Å². The molecule has 0 aliphatic carbocycles. The molecule has 0 N–H and O–H groups in total. The molecule has 0 spiro atoms. The lowest BCUT2D eigenvalue weighted by Crippen LogP contribution is -2.26. The Labute approximate surface area is 112 Å². The number of fused-ring (bicyclic) bond motifs is 1. The van der Waals surface area contributed by atoms with Crippen molar-refractivity contribution in [3.8, 4) is 0 Å². The second-order valence-corrected chi connectivity index (χ2v) is 5.00. The number of ether oxygens (including phenoxy) is 1. The number of pyridine rings is 1. The van der Waals surface area contributed by atoms with Gasteiger partial charge in [-0.1, -0.05) is 24.3 Å². The van der Waals surface area contributed by atoms with Crippen LogP contribution in [0.15, 0.2) is 47.4 Å². The first-order valence-electron chi connectivity index (χ1n) is 6.60. The van der Waals surface area contributed by atoms with Gasteiger partial charge in [0, 0.05) is 12.3 Å². The number of hydrogen-bond acceptors (Lipinski definition) is 2. The Bertz CT molecular complexity index is 645. The summed E-state index contributed by atoms with van der Waals surface area (Å²) in [5.74, 6) is 0. The maximum Gasteiger partial charge on any atom is 0.250 e. The van der Waals surface area contributed by atoms with Gasteiger partial charge in [0.15, 0.2) is 0 Å². The van der Waals surface area contributed by atoms with E-state index in [1.54, 1.807) is 10.6 Å². The fourth-order valence-electron chi connectivity index (χ4n) is 2.56. The van der Waals surface area contributed by atoms with Crippen molar-refractivity contribution in [3.63, 3.8) is 0 Å². The molecule has 0 bridgehead atoms. The van der Waals surface area contributed by atoms with Gasteiger partial charge in [-0.2, -0.15) is 0 Å². The van der Waals surface area contributed by atoms with Crippen LogP contribution in [0.25, 0.3) is 0 Å². The number of aryl methyl sites for hydroxylation is 1. The molecule has 1 aliphatic heterocycles. The van der Waals surface area contributed by atoms with E-state index in [-0.39, 0.29) is 11.7 Å². The highest BCUT2D eigenvalue weighted by molar-refractivity contribution is 5.30. The van der Waals surface area contributed by atoms with Crippen molar-refractivity contribution in [1.82, 2.24) is 4.57 Å². The van der Waals surface area contributed by atoms with Crippen LogP contribution in [-0.2, 0) is 17.7 Å². The molecule has 3 heteroatoms. The summed E-state index contributed by atoms with van der Waals surface area (Å²) in [6, 6.07) is 11.9. The minimum Gasteiger partial charge on any atom is -0.371 e. The van der Waals surface area contributed by atoms with Crippen molar-refractivity contribution in [2.24, 2.45) is 0 Å². The van der Waals surface area contributed by atoms with Gasteiger partial charge in [-0.15, -0.1) is 0 Å². The maximum atomic E-state index is 11.9. The van der Waals surface area contributed by atoms with Crippen molar-refractivity contribution in [2.75, 3.05) is 6.61 Å². The SMILES string of the molecule is Cc1ccn(CC2OCCc3ccccc32)c(=O)c1. The fourth-order valence-corrected chi connectivity index (χ4v) is 2.56. The van der Waals surface area contributed by atoms with E-state index in [4.69, 9.17) is 4.74 Å². The molecule has 1 aromatic carbocycles. The molecule has 3 rings (SSSR count). The first-order chi connectivity index (χ1) is 9.24. The lowest BCUT2D eigenvalue weighted by Gasteiger charge is -2.26. The second kappa shape index (κ2) is 5.02. The summed E-state index contributed by atoms with van der Waals surface area (Å²) in [5, 5.41) is 0. The number of nitrogens with zero attached hydrogens (tertiary/aromatic N) is 1. The number of benzene rings is 1. The predicted octanol–water partition coefficient (Wildman–Crippen LogP) is 2.47. The monoisotopic (exact) mass is 255 g/mol. The molecule has 19 heavy (non-hydrogen) atoms. The molecule has 1 atom stereocenters. The Kier molecular flexibility index (Phi) is 3.22. The zero-order valence-electron chi connectivity index (χ0n) is 11.0. The molecule has 1 aromatic heterocycles. The molecule has 1 unspecified atom stereocenters. The Morgan fingerprint density at radius 2 is 2.16 bits per heavy atom. The molecular weight excluding hydrogens is 238 g/mol. The van der Waals surface area contributed by atoms with Crippen LogP contribution in [0.5, 0.6) is 0 Å². The molecule has 1 aliphatic rings. The third-order valence-corrected chi connectivity index (χ3v) is 3.61. The van der Waals surface area contributed by atoms with Gasteiger partial charge in [0.05, 0.1) is 13.2 Å². The van der Waals surface area contributed by atoms with Crippen LogP contribution in [0.4, 0.5) is 0 Å². The van der Waals surface area contributed by atoms with Crippen molar-refractivity contribution in [3.05, 3.63) is 69.6 Å². The highest BCUT2D eigenvalue weighted by Crippen LogP contribution is 2.27. The van der Waals surface area contributed by atoms with E-state index < -0.39 is 0 Å². The number of hydrogen-bond donors (Lipinski definition) is 0. The van der Waals surface area contributed by atoms with E-state index >= 15 is 0 Å². The van der Waals surface area contributed by atoms with E-state index in [1.165, 1.54) is 11.1 Å². The molecule has 0 radical (unpaired) electrons. The minimum atomic E-state index is -0.0228. The second-order valence-electron chi connectivity index (χ2n) is 5.00. The van der Waals surface area contributed by atoms with Gasteiger partial charge >= 0.3 is 0 Å². The highest BCUT2D eigenvalue weighted by atomic mass is 16.5. The quantitative estimate of drug-likeness (QED) is 0.825. The van der Waals surface area contributed by atoms with Crippen molar-refractivity contribution >= 4 is 0 Å². The molecule has 0 saturated heterocycles. The third-order valence-electron chi connectivity index (χ3n) is 3.61. The van der Waals surface area contributed by atoms with Gasteiger partial charge in [-0.25, -0.2) is 0 Å². The molecule has 98 valence electrons. The molecule has 2 aromatic rings.